The van der Waals surface area contributed by atoms with Crippen molar-refractivity contribution in [3.63, 3.8) is 0 Å². The van der Waals surface area contributed by atoms with E-state index in [4.69, 9.17) is 0 Å². The fraction of sp³-hybridized carbons (Fsp3) is 0.471. The third-order valence-corrected chi connectivity index (χ3v) is 4.87. The van der Waals surface area contributed by atoms with Crippen LogP contribution in [0.2, 0.25) is 0 Å². The summed E-state index contributed by atoms with van der Waals surface area (Å²) in [5.41, 5.74) is 1.22. The van der Waals surface area contributed by atoms with Gasteiger partial charge in [-0.3, -0.25) is 10.1 Å². The van der Waals surface area contributed by atoms with Crippen molar-refractivity contribution in [2.75, 3.05) is 18.0 Å². The first-order valence-electron chi connectivity index (χ1n) is 8.29. The van der Waals surface area contributed by atoms with E-state index in [9.17, 15) is 20.3 Å². The van der Waals surface area contributed by atoms with Crippen LogP contribution in [0.1, 0.15) is 30.3 Å². The molecule has 25 heavy (non-hydrogen) atoms. The summed E-state index contributed by atoms with van der Waals surface area (Å²) in [5, 5.41) is 31.2. The molecule has 1 aromatic heterocycles. The second-order valence-electron chi connectivity index (χ2n) is 6.40. The van der Waals surface area contributed by atoms with Gasteiger partial charge in [-0.1, -0.05) is 0 Å². The van der Waals surface area contributed by atoms with Gasteiger partial charge in [0.1, 0.15) is 17.6 Å². The number of anilines is 1. The molecule has 8 heteroatoms. The van der Waals surface area contributed by atoms with Gasteiger partial charge in [-0.2, -0.15) is 0 Å². The van der Waals surface area contributed by atoms with Crippen molar-refractivity contribution in [2.24, 2.45) is 13.0 Å². The number of rotatable bonds is 5. The number of aromatic nitrogens is 2. The molecule has 0 saturated carbocycles. The first kappa shape index (κ1) is 17.4. The summed E-state index contributed by atoms with van der Waals surface area (Å²) in [6, 6.07) is 4.68. The number of piperidine rings is 1. The van der Waals surface area contributed by atoms with Crippen LogP contribution in [0.15, 0.2) is 30.6 Å². The normalized spacial score (nSPS) is 16.8. The molecule has 1 aliphatic heterocycles. The molecule has 2 heterocycles. The second-order valence-corrected chi connectivity index (χ2v) is 6.40. The van der Waals surface area contributed by atoms with E-state index in [1.807, 2.05) is 16.5 Å². The van der Waals surface area contributed by atoms with Gasteiger partial charge in [0.25, 0.3) is 5.69 Å². The van der Waals surface area contributed by atoms with E-state index in [0.29, 0.717) is 43.0 Å². The summed E-state index contributed by atoms with van der Waals surface area (Å²) in [6.07, 6.45) is 4.26. The number of benzene rings is 1. The van der Waals surface area contributed by atoms with Gasteiger partial charge in [0.15, 0.2) is 0 Å². The van der Waals surface area contributed by atoms with E-state index in [-0.39, 0.29) is 18.2 Å². The Kier molecular flexibility index (Phi) is 5.00. The Morgan fingerprint density at radius 2 is 2.12 bits per heavy atom. The standard InChI is InChI=1S/C17H22N4O4/c1-19-9-6-18-17(19)16(23)13-4-7-20(8-5-13)15-10-12(11-22)2-3-14(15)21(24)25/h2-3,6,9-10,13,16,22-23H,4-5,7-8,11H2,1H3. The van der Waals surface area contributed by atoms with E-state index < -0.39 is 11.0 Å². The maximum atomic E-state index is 11.3. The molecule has 1 fully saturated rings. The van der Waals surface area contributed by atoms with Gasteiger partial charge in [0, 0.05) is 38.6 Å². The zero-order valence-corrected chi connectivity index (χ0v) is 14.1. The number of nitro benzene ring substituents is 1. The third kappa shape index (κ3) is 3.49. The minimum atomic E-state index is -0.638. The second kappa shape index (κ2) is 7.20. The molecule has 0 radical (unpaired) electrons. The molecule has 1 aromatic carbocycles. The number of nitro groups is 1. The van der Waals surface area contributed by atoms with Crippen molar-refractivity contribution >= 4 is 11.4 Å². The minimum Gasteiger partial charge on any atom is -0.392 e. The highest BCUT2D eigenvalue weighted by Crippen LogP contribution is 2.35. The van der Waals surface area contributed by atoms with Gasteiger partial charge in [0.2, 0.25) is 0 Å². The van der Waals surface area contributed by atoms with E-state index in [1.54, 1.807) is 24.5 Å². The molecule has 1 saturated heterocycles. The Morgan fingerprint density at radius 3 is 2.68 bits per heavy atom. The smallest absolute Gasteiger partial charge is 0.292 e. The van der Waals surface area contributed by atoms with Crippen LogP contribution in [-0.2, 0) is 13.7 Å². The topological polar surface area (TPSA) is 105 Å². The number of aliphatic hydroxyl groups is 2. The highest BCUT2D eigenvalue weighted by molar-refractivity contribution is 5.64. The fourth-order valence-electron chi connectivity index (χ4n) is 3.40. The van der Waals surface area contributed by atoms with Crippen LogP contribution in [0, 0.1) is 16.0 Å². The lowest BCUT2D eigenvalue weighted by Crippen LogP contribution is -2.36. The molecule has 1 unspecified atom stereocenters. The molecule has 134 valence electrons. The Hall–Kier alpha value is -2.45. The Morgan fingerprint density at radius 1 is 1.40 bits per heavy atom. The summed E-state index contributed by atoms with van der Waals surface area (Å²) in [7, 11) is 1.85. The Labute approximate surface area is 145 Å². The summed E-state index contributed by atoms with van der Waals surface area (Å²) in [5.74, 6) is 0.712. The van der Waals surface area contributed by atoms with Crippen LogP contribution in [0.25, 0.3) is 0 Å². The SMILES string of the molecule is Cn1ccnc1C(O)C1CCN(c2cc(CO)ccc2[N+](=O)[O-])CC1. The number of imidazole rings is 1. The van der Waals surface area contributed by atoms with Crippen LogP contribution in [0.5, 0.6) is 0 Å². The van der Waals surface area contributed by atoms with Crippen LogP contribution >= 0.6 is 0 Å². The van der Waals surface area contributed by atoms with Gasteiger partial charge in [-0.05, 0) is 36.5 Å². The molecule has 0 bridgehead atoms. The zero-order valence-electron chi connectivity index (χ0n) is 14.1. The van der Waals surface area contributed by atoms with Gasteiger partial charge in [0.05, 0.1) is 11.5 Å². The van der Waals surface area contributed by atoms with Gasteiger partial charge < -0.3 is 19.7 Å². The zero-order chi connectivity index (χ0) is 18.0. The molecule has 1 aliphatic rings. The molecular weight excluding hydrogens is 324 g/mol. The maximum Gasteiger partial charge on any atom is 0.292 e. The molecule has 0 aliphatic carbocycles. The molecule has 8 nitrogen and oxygen atoms in total. The van der Waals surface area contributed by atoms with E-state index in [0.717, 1.165) is 0 Å². The van der Waals surface area contributed by atoms with Crippen LogP contribution in [0.4, 0.5) is 11.4 Å². The number of hydrogen-bond acceptors (Lipinski definition) is 6. The molecule has 3 rings (SSSR count). The molecular formula is C17H22N4O4. The van der Waals surface area contributed by atoms with Gasteiger partial charge >= 0.3 is 0 Å². The van der Waals surface area contributed by atoms with Crippen LogP contribution < -0.4 is 4.90 Å². The summed E-state index contributed by atoms with van der Waals surface area (Å²) in [6.45, 7) is 1.07. The molecule has 2 N–H and O–H groups in total. The number of hydrogen-bond donors (Lipinski definition) is 2. The lowest BCUT2D eigenvalue weighted by atomic mass is 9.90. The van der Waals surface area contributed by atoms with E-state index >= 15 is 0 Å². The van der Waals surface area contributed by atoms with Crippen LogP contribution in [-0.4, -0.2) is 37.8 Å². The highest BCUT2D eigenvalue weighted by atomic mass is 16.6. The van der Waals surface area contributed by atoms with Crippen molar-refractivity contribution in [3.8, 4) is 0 Å². The van der Waals surface area contributed by atoms with Crippen LogP contribution in [0.3, 0.4) is 0 Å². The predicted octanol–water partition coefficient (Wildman–Crippen LogP) is 1.77. The minimum absolute atomic E-state index is 0.0419. The van der Waals surface area contributed by atoms with Crippen molar-refractivity contribution in [3.05, 3.63) is 52.1 Å². The van der Waals surface area contributed by atoms with Crippen molar-refractivity contribution in [2.45, 2.75) is 25.6 Å². The van der Waals surface area contributed by atoms with E-state index in [2.05, 4.69) is 4.98 Å². The number of aliphatic hydroxyl groups excluding tert-OH is 2. The first-order valence-corrected chi connectivity index (χ1v) is 8.29. The average Bonchev–Trinajstić information content (AvgIpc) is 3.06. The lowest BCUT2D eigenvalue weighted by molar-refractivity contribution is -0.384. The van der Waals surface area contributed by atoms with E-state index in [1.165, 1.54) is 6.07 Å². The largest absolute Gasteiger partial charge is 0.392 e. The average molecular weight is 346 g/mol. The third-order valence-electron chi connectivity index (χ3n) is 4.87. The fourth-order valence-corrected chi connectivity index (χ4v) is 3.40. The van der Waals surface area contributed by atoms with Crippen molar-refractivity contribution < 1.29 is 15.1 Å². The van der Waals surface area contributed by atoms with Crippen molar-refractivity contribution in [1.29, 1.82) is 0 Å². The molecule has 2 aromatic rings. The highest BCUT2D eigenvalue weighted by Gasteiger charge is 2.30. The Balaban J connectivity index is 1.74. The summed E-state index contributed by atoms with van der Waals surface area (Å²) in [4.78, 5) is 17.1. The molecule has 0 amide bonds. The van der Waals surface area contributed by atoms with Crippen molar-refractivity contribution in [1.82, 2.24) is 9.55 Å². The maximum absolute atomic E-state index is 11.3. The summed E-state index contributed by atoms with van der Waals surface area (Å²) < 4.78 is 1.81. The summed E-state index contributed by atoms with van der Waals surface area (Å²) >= 11 is 0. The molecule has 0 spiro atoms. The quantitative estimate of drug-likeness (QED) is 0.631. The number of nitrogens with zero attached hydrogens (tertiary/aromatic N) is 4. The van der Waals surface area contributed by atoms with Gasteiger partial charge in [-0.25, -0.2) is 4.98 Å². The Bertz CT molecular complexity index is 753. The first-order chi connectivity index (χ1) is 12.0. The lowest BCUT2D eigenvalue weighted by Gasteiger charge is -2.35. The molecule has 1 atom stereocenters. The number of aryl methyl sites for hydroxylation is 1. The predicted molar refractivity (Wildman–Crippen MR) is 92.1 cm³/mol. The van der Waals surface area contributed by atoms with Gasteiger partial charge in [-0.15, -0.1) is 0 Å². The monoisotopic (exact) mass is 346 g/mol.